The summed E-state index contributed by atoms with van der Waals surface area (Å²) in [6.45, 7) is 1.22. The predicted molar refractivity (Wildman–Crippen MR) is 87.9 cm³/mol. The second-order valence-corrected chi connectivity index (χ2v) is 6.46. The second kappa shape index (κ2) is 12.6. The lowest BCUT2D eigenvalue weighted by atomic mass is 10.3. The van der Waals surface area contributed by atoms with Gasteiger partial charge in [0.15, 0.2) is 6.10 Å². The van der Waals surface area contributed by atoms with E-state index >= 15 is 0 Å². The highest BCUT2D eigenvalue weighted by atomic mass is 31.2. The zero-order chi connectivity index (χ0) is 20.2. The van der Waals surface area contributed by atoms with Crippen molar-refractivity contribution in [2.45, 2.75) is 38.8 Å². The van der Waals surface area contributed by atoms with E-state index in [0.717, 1.165) is 13.3 Å². The first-order chi connectivity index (χ1) is 12.1. The number of rotatable bonds is 13. The number of phosphoric acid groups is 1. The van der Waals surface area contributed by atoms with E-state index in [-0.39, 0.29) is 6.42 Å². The third-order valence-electron chi connectivity index (χ3n) is 2.61. The maximum absolute atomic E-state index is 11.6. The maximum Gasteiger partial charge on any atom is 0.472 e. The third kappa shape index (κ3) is 12.6. The molecule has 26 heavy (non-hydrogen) atoms. The summed E-state index contributed by atoms with van der Waals surface area (Å²) >= 11 is 0. The van der Waals surface area contributed by atoms with E-state index in [9.17, 15) is 23.8 Å². The molecule has 3 atom stereocenters. The average molecular weight is 397 g/mol. The molecule has 11 nitrogen and oxygen atoms in total. The Balaban J connectivity index is 4.49. The number of esters is 2. The van der Waals surface area contributed by atoms with Gasteiger partial charge in [0.2, 0.25) is 0 Å². The molecule has 0 fully saturated rings. The SMILES string of the molecule is CCC=CCC(=O)OCC(COP(=O)(O)OCC(N)C(=O)O)OC(C)=O. The standard InChI is InChI=1S/C14H24NO10P/c1-3-4-5-6-13(17)22-7-11(25-10(2)16)8-23-26(20,21)24-9-12(15)14(18)19/h4-5,11-12H,3,6-9,15H2,1-2H3,(H,18,19)(H,20,21). The summed E-state index contributed by atoms with van der Waals surface area (Å²) in [4.78, 5) is 42.5. The smallest absolute Gasteiger partial charge is 0.472 e. The number of nitrogens with two attached hydrogens (primary N) is 1. The molecule has 0 spiro atoms. The van der Waals surface area contributed by atoms with Crippen LogP contribution < -0.4 is 5.73 Å². The van der Waals surface area contributed by atoms with E-state index in [2.05, 4.69) is 9.05 Å². The molecule has 3 unspecified atom stereocenters. The Kier molecular flexibility index (Phi) is 11.7. The molecule has 0 aromatic heterocycles. The van der Waals surface area contributed by atoms with Crippen molar-refractivity contribution < 1.29 is 47.5 Å². The topological polar surface area (TPSA) is 172 Å². The quantitative estimate of drug-likeness (QED) is 0.222. The van der Waals surface area contributed by atoms with Crippen LogP contribution in [0.25, 0.3) is 0 Å². The Morgan fingerprint density at radius 1 is 1.15 bits per heavy atom. The lowest BCUT2D eigenvalue weighted by molar-refractivity contribution is -0.159. The monoisotopic (exact) mass is 397 g/mol. The molecule has 0 radical (unpaired) electrons. The molecule has 0 aliphatic rings. The van der Waals surface area contributed by atoms with Gasteiger partial charge in [0, 0.05) is 6.92 Å². The Morgan fingerprint density at radius 2 is 1.77 bits per heavy atom. The van der Waals surface area contributed by atoms with Crippen LogP contribution in [0.3, 0.4) is 0 Å². The van der Waals surface area contributed by atoms with Crippen LogP contribution >= 0.6 is 7.82 Å². The van der Waals surface area contributed by atoms with Gasteiger partial charge in [-0.05, 0) is 6.42 Å². The van der Waals surface area contributed by atoms with Crippen LogP contribution in [0.1, 0.15) is 26.7 Å². The molecule has 4 N–H and O–H groups in total. The van der Waals surface area contributed by atoms with Gasteiger partial charge < -0.3 is 25.2 Å². The van der Waals surface area contributed by atoms with Crippen molar-refractivity contribution in [3.63, 3.8) is 0 Å². The van der Waals surface area contributed by atoms with Crippen LogP contribution in [-0.2, 0) is 37.5 Å². The van der Waals surface area contributed by atoms with Crippen LogP contribution in [0.15, 0.2) is 12.2 Å². The highest BCUT2D eigenvalue weighted by Gasteiger charge is 2.27. The van der Waals surface area contributed by atoms with Gasteiger partial charge in [0.25, 0.3) is 0 Å². The van der Waals surface area contributed by atoms with Gasteiger partial charge in [-0.3, -0.25) is 23.4 Å². The van der Waals surface area contributed by atoms with Crippen molar-refractivity contribution in [3.8, 4) is 0 Å². The first-order valence-electron chi connectivity index (χ1n) is 7.65. The van der Waals surface area contributed by atoms with Crippen molar-refractivity contribution in [2.75, 3.05) is 19.8 Å². The van der Waals surface area contributed by atoms with Gasteiger partial charge in [0.1, 0.15) is 12.6 Å². The van der Waals surface area contributed by atoms with Gasteiger partial charge in [-0.25, -0.2) is 4.57 Å². The third-order valence-corrected chi connectivity index (χ3v) is 3.56. The number of hydrogen-bond donors (Lipinski definition) is 3. The molecule has 0 saturated carbocycles. The number of carbonyl (C=O) groups is 3. The average Bonchev–Trinajstić information content (AvgIpc) is 2.55. The van der Waals surface area contributed by atoms with Crippen molar-refractivity contribution in [3.05, 3.63) is 12.2 Å². The molecule has 0 aliphatic heterocycles. The second-order valence-electron chi connectivity index (χ2n) is 5.00. The summed E-state index contributed by atoms with van der Waals surface area (Å²) in [7, 11) is -4.64. The minimum absolute atomic E-state index is 0.0240. The Bertz CT molecular complexity index is 550. The number of carboxylic acids is 1. The van der Waals surface area contributed by atoms with Gasteiger partial charge in [0.05, 0.1) is 19.6 Å². The molecule has 0 aromatic carbocycles. The molecule has 0 amide bonds. The van der Waals surface area contributed by atoms with E-state index in [4.69, 9.17) is 20.3 Å². The molecule has 0 bridgehead atoms. The van der Waals surface area contributed by atoms with Gasteiger partial charge >= 0.3 is 25.7 Å². The molecular weight excluding hydrogens is 373 g/mol. The molecule has 12 heteroatoms. The summed E-state index contributed by atoms with van der Waals surface area (Å²) in [5.74, 6) is -2.73. The van der Waals surface area contributed by atoms with Crippen molar-refractivity contribution >= 4 is 25.7 Å². The fourth-order valence-corrected chi connectivity index (χ4v) is 2.18. The molecule has 0 saturated heterocycles. The molecule has 0 heterocycles. The van der Waals surface area contributed by atoms with Crippen LogP contribution in [-0.4, -0.2) is 59.9 Å². The number of aliphatic carboxylic acids is 1. The van der Waals surface area contributed by atoms with E-state index in [1.807, 2.05) is 6.92 Å². The summed E-state index contributed by atoms with van der Waals surface area (Å²) in [5.41, 5.74) is 5.13. The zero-order valence-corrected chi connectivity index (χ0v) is 15.4. The number of phosphoric ester groups is 1. The summed E-state index contributed by atoms with van der Waals surface area (Å²) in [5, 5.41) is 8.57. The first kappa shape index (κ1) is 24.2. The van der Waals surface area contributed by atoms with Crippen molar-refractivity contribution in [1.29, 1.82) is 0 Å². The van der Waals surface area contributed by atoms with Crippen LogP contribution in [0, 0.1) is 0 Å². The highest BCUT2D eigenvalue weighted by molar-refractivity contribution is 7.47. The highest BCUT2D eigenvalue weighted by Crippen LogP contribution is 2.43. The largest absolute Gasteiger partial charge is 0.480 e. The van der Waals surface area contributed by atoms with Crippen LogP contribution in [0.5, 0.6) is 0 Å². The number of allylic oxidation sites excluding steroid dienone is 1. The summed E-state index contributed by atoms with van der Waals surface area (Å²) < 4.78 is 30.4. The van der Waals surface area contributed by atoms with E-state index < -0.39 is 57.7 Å². The number of hydrogen-bond acceptors (Lipinski definition) is 9. The van der Waals surface area contributed by atoms with Crippen LogP contribution in [0.4, 0.5) is 0 Å². The van der Waals surface area contributed by atoms with Crippen molar-refractivity contribution in [1.82, 2.24) is 0 Å². The lowest BCUT2D eigenvalue weighted by Gasteiger charge is -2.19. The molecule has 150 valence electrons. The van der Waals surface area contributed by atoms with E-state index in [0.29, 0.717) is 0 Å². The Labute approximate surface area is 150 Å². The fraction of sp³-hybridized carbons (Fsp3) is 0.643. The van der Waals surface area contributed by atoms with Crippen LogP contribution in [0.2, 0.25) is 0 Å². The van der Waals surface area contributed by atoms with Gasteiger partial charge in [-0.1, -0.05) is 19.1 Å². The number of ether oxygens (including phenoxy) is 2. The Morgan fingerprint density at radius 3 is 2.31 bits per heavy atom. The lowest BCUT2D eigenvalue weighted by Crippen LogP contribution is -2.34. The summed E-state index contributed by atoms with van der Waals surface area (Å²) in [6, 6.07) is -1.51. The Hall–Kier alpha value is -1.78. The zero-order valence-electron chi connectivity index (χ0n) is 14.5. The number of carboxylic acid groups (broad SMARTS) is 1. The van der Waals surface area contributed by atoms with Gasteiger partial charge in [-0.15, -0.1) is 0 Å². The van der Waals surface area contributed by atoms with E-state index in [1.165, 1.54) is 0 Å². The minimum atomic E-state index is -4.64. The van der Waals surface area contributed by atoms with Crippen molar-refractivity contribution in [2.24, 2.45) is 5.73 Å². The first-order valence-corrected chi connectivity index (χ1v) is 9.15. The fourth-order valence-electron chi connectivity index (χ4n) is 1.40. The maximum atomic E-state index is 11.6. The molecular formula is C14H24NO10P. The van der Waals surface area contributed by atoms with E-state index in [1.54, 1.807) is 12.2 Å². The molecule has 0 aromatic rings. The summed E-state index contributed by atoms with van der Waals surface area (Å²) in [6.07, 6.45) is 3.02. The minimum Gasteiger partial charge on any atom is -0.480 e. The molecule has 0 aliphatic carbocycles. The number of carbonyl (C=O) groups excluding carboxylic acids is 2. The predicted octanol–water partition coefficient (Wildman–Crippen LogP) is 0.363. The normalized spacial score (nSPS) is 15.8. The van der Waals surface area contributed by atoms with Gasteiger partial charge in [-0.2, -0.15) is 0 Å². The molecule has 0 rings (SSSR count).